The Balaban J connectivity index is 2.85. The molecule has 28 heavy (non-hydrogen) atoms. The van der Waals surface area contributed by atoms with E-state index < -0.39 is 64.7 Å². The van der Waals surface area contributed by atoms with Crippen LogP contribution in [-0.4, -0.2) is 34.4 Å². The summed E-state index contributed by atoms with van der Waals surface area (Å²) in [5.74, 6) is -2.16. The lowest BCUT2D eigenvalue weighted by Crippen LogP contribution is -2.06. The normalized spacial score (nSPS) is 10.3. The number of benzene rings is 1. The molecule has 0 fully saturated rings. The molecule has 146 valence electrons. The van der Waals surface area contributed by atoms with E-state index in [9.17, 15) is 50.6 Å². The van der Waals surface area contributed by atoms with Gasteiger partial charge in [0.15, 0.2) is 10.8 Å². The third-order valence-corrected chi connectivity index (χ3v) is 3.28. The molecule has 0 aliphatic rings. The fraction of sp³-hybridized carbons (Fsp3) is 0.100. The summed E-state index contributed by atoms with van der Waals surface area (Å²) in [4.78, 5) is 49.8. The highest BCUT2D eigenvalue weighted by Gasteiger charge is 2.39. The summed E-state index contributed by atoms with van der Waals surface area (Å²) >= 11 is 0. The van der Waals surface area contributed by atoms with Crippen molar-refractivity contribution in [2.75, 3.05) is 5.32 Å². The first-order valence-corrected chi connectivity index (χ1v) is 6.69. The molecule has 0 saturated heterocycles. The Hall–Kier alpha value is -4.77. The standard InChI is InChI=1S/C10H6N8O10/c1-13-10(18(27)28)8(9(12-13)17(25)26)11-7-5(15(21)22)2-4(14(19)20)3-6(7)16(23)24/h2-3,11H,1H3. The van der Waals surface area contributed by atoms with Crippen molar-refractivity contribution < 1.29 is 24.6 Å². The molecule has 0 bridgehead atoms. The number of hydrogen-bond acceptors (Lipinski definition) is 12. The van der Waals surface area contributed by atoms with E-state index in [0.29, 0.717) is 16.8 Å². The van der Waals surface area contributed by atoms with E-state index in [-0.39, 0.29) is 0 Å². The van der Waals surface area contributed by atoms with E-state index in [1.54, 1.807) is 0 Å². The van der Waals surface area contributed by atoms with Gasteiger partial charge in [-0.15, -0.1) is 0 Å². The van der Waals surface area contributed by atoms with Crippen molar-refractivity contribution in [3.05, 3.63) is 62.7 Å². The number of aromatic nitrogens is 2. The molecule has 2 rings (SSSR count). The summed E-state index contributed by atoms with van der Waals surface area (Å²) in [7, 11) is 0.967. The number of aryl methyl sites for hydroxylation is 1. The van der Waals surface area contributed by atoms with Gasteiger partial charge < -0.3 is 25.5 Å². The van der Waals surface area contributed by atoms with E-state index >= 15 is 0 Å². The fourth-order valence-corrected chi connectivity index (χ4v) is 2.19. The van der Waals surface area contributed by atoms with Crippen LogP contribution in [0.2, 0.25) is 0 Å². The molecule has 0 saturated carbocycles. The van der Waals surface area contributed by atoms with Crippen molar-refractivity contribution in [1.29, 1.82) is 0 Å². The maximum absolute atomic E-state index is 11.2. The van der Waals surface area contributed by atoms with Crippen molar-refractivity contribution in [1.82, 2.24) is 9.78 Å². The molecule has 1 N–H and O–H groups in total. The van der Waals surface area contributed by atoms with Gasteiger partial charge in [0.1, 0.15) is 7.05 Å². The predicted molar refractivity (Wildman–Crippen MR) is 86.2 cm³/mol. The maximum atomic E-state index is 11.2. The maximum Gasteiger partial charge on any atom is 0.444 e. The van der Waals surface area contributed by atoms with E-state index in [1.165, 1.54) is 0 Å². The minimum Gasteiger partial charge on any atom is -0.358 e. The number of anilines is 2. The lowest BCUT2D eigenvalue weighted by molar-refractivity contribution is -0.401. The van der Waals surface area contributed by atoms with Gasteiger partial charge in [0.25, 0.3) is 5.69 Å². The van der Waals surface area contributed by atoms with Crippen molar-refractivity contribution in [3.8, 4) is 0 Å². The van der Waals surface area contributed by atoms with Crippen molar-refractivity contribution >= 4 is 40.1 Å². The molecule has 18 nitrogen and oxygen atoms in total. The number of nitrogens with one attached hydrogen (secondary N) is 1. The van der Waals surface area contributed by atoms with Crippen LogP contribution in [0, 0.1) is 50.6 Å². The molecular formula is C10H6N8O10. The molecule has 0 spiro atoms. The molecule has 0 unspecified atom stereocenters. The Morgan fingerprint density at radius 3 is 1.64 bits per heavy atom. The number of rotatable bonds is 7. The zero-order valence-electron chi connectivity index (χ0n) is 13.4. The Kier molecular flexibility index (Phi) is 4.79. The first kappa shape index (κ1) is 19.6. The highest BCUT2D eigenvalue weighted by atomic mass is 16.6. The van der Waals surface area contributed by atoms with Crippen LogP contribution in [0.4, 0.5) is 40.1 Å². The molecule has 0 radical (unpaired) electrons. The van der Waals surface area contributed by atoms with Gasteiger partial charge in [-0.2, -0.15) is 0 Å². The summed E-state index contributed by atoms with van der Waals surface area (Å²) in [5.41, 5.74) is -5.40. The molecule has 0 atom stereocenters. The van der Waals surface area contributed by atoms with Gasteiger partial charge in [-0.3, -0.25) is 30.3 Å². The lowest BCUT2D eigenvalue weighted by atomic mass is 10.2. The van der Waals surface area contributed by atoms with Crippen LogP contribution in [0.15, 0.2) is 12.1 Å². The van der Waals surface area contributed by atoms with Gasteiger partial charge >= 0.3 is 23.0 Å². The highest BCUT2D eigenvalue weighted by Crippen LogP contribution is 2.43. The van der Waals surface area contributed by atoms with Crippen molar-refractivity contribution in [2.24, 2.45) is 7.05 Å². The molecule has 1 aromatic heterocycles. The predicted octanol–water partition coefficient (Wildman–Crippen LogP) is 1.70. The number of nitro groups is 5. The van der Waals surface area contributed by atoms with Crippen LogP contribution in [0.3, 0.4) is 0 Å². The summed E-state index contributed by atoms with van der Waals surface area (Å²) < 4.78 is 0.476. The van der Waals surface area contributed by atoms with E-state index in [0.717, 1.165) is 7.05 Å². The van der Waals surface area contributed by atoms with Crippen molar-refractivity contribution in [3.63, 3.8) is 0 Å². The number of non-ortho nitro benzene ring substituents is 1. The Labute approximate surface area is 150 Å². The number of nitrogens with zero attached hydrogens (tertiary/aromatic N) is 7. The quantitative estimate of drug-likeness (QED) is 0.517. The van der Waals surface area contributed by atoms with Gasteiger partial charge in [-0.25, -0.2) is 0 Å². The van der Waals surface area contributed by atoms with Crippen LogP contribution in [0.25, 0.3) is 0 Å². The minimum absolute atomic E-state index is 0.364. The lowest BCUT2D eigenvalue weighted by Gasteiger charge is -2.06. The first-order chi connectivity index (χ1) is 13.0. The molecule has 0 aliphatic heterocycles. The first-order valence-electron chi connectivity index (χ1n) is 6.69. The second-order valence-electron chi connectivity index (χ2n) is 4.92. The van der Waals surface area contributed by atoms with Crippen molar-refractivity contribution in [2.45, 2.75) is 0 Å². The minimum atomic E-state index is -1.23. The van der Waals surface area contributed by atoms with Gasteiger partial charge in [-0.05, 0) is 14.5 Å². The highest BCUT2D eigenvalue weighted by molar-refractivity contribution is 5.86. The van der Waals surface area contributed by atoms with Gasteiger partial charge in [0, 0.05) is 0 Å². The second-order valence-corrected chi connectivity index (χ2v) is 4.92. The average Bonchev–Trinajstić information content (AvgIpc) is 2.90. The summed E-state index contributed by atoms with van der Waals surface area (Å²) in [6.07, 6.45) is 0. The summed E-state index contributed by atoms with van der Waals surface area (Å²) in [6.45, 7) is 0. The largest absolute Gasteiger partial charge is 0.444 e. The third-order valence-electron chi connectivity index (χ3n) is 3.28. The van der Waals surface area contributed by atoms with Gasteiger partial charge in [0.05, 0.1) is 26.9 Å². The zero-order chi connectivity index (χ0) is 21.3. The van der Waals surface area contributed by atoms with Gasteiger partial charge in [0.2, 0.25) is 5.69 Å². The smallest absolute Gasteiger partial charge is 0.358 e. The Morgan fingerprint density at radius 2 is 1.29 bits per heavy atom. The third kappa shape index (κ3) is 3.31. The van der Waals surface area contributed by atoms with Crippen LogP contribution < -0.4 is 5.32 Å². The average molecular weight is 398 g/mol. The molecule has 1 heterocycles. The van der Waals surface area contributed by atoms with Crippen LogP contribution in [-0.2, 0) is 7.05 Å². The SMILES string of the molecule is Cn1nc([N+](=O)[O-])c(Nc2c([N+](=O)[O-])cc([N+](=O)[O-])cc2[N+](=O)[O-])c1[N+](=O)[O-]. The molecule has 0 amide bonds. The molecule has 0 aliphatic carbocycles. The molecular weight excluding hydrogens is 392 g/mol. The van der Waals surface area contributed by atoms with E-state index in [4.69, 9.17) is 0 Å². The molecule has 18 heteroatoms. The summed E-state index contributed by atoms with van der Waals surface area (Å²) in [5, 5.41) is 60.8. The number of nitro benzene ring substituents is 3. The van der Waals surface area contributed by atoms with Crippen LogP contribution in [0.5, 0.6) is 0 Å². The van der Waals surface area contributed by atoms with Gasteiger partial charge in [-0.1, -0.05) is 0 Å². The topological polar surface area (TPSA) is 246 Å². The van der Waals surface area contributed by atoms with Crippen LogP contribution >= 0.6 is 0 Å². The fourth-order valence-electron chi connectivity index (χ4n) is 2.19. The number of hydrogen-bond donors (Lipinski definition) is 1. The Bertz CT molecular complexity index is 1020. The monoisotopic (exact) mass is 398 g/mol. The van der Waals surface area contributed by atoms with Crippen LogP contribution in [0.1, 0.15) is 0 Å². The zero-order valence-corrected chi connectivity index (χ0v) is 13.4. The second kappa shape index (κ2) is 6.86. The van der Waals surface area contributed by atoms with E-state index in [1.807, 2.05) is 5.32 Å². The Morgan fingerprint density at radius 1 is 0.786 bits per heavy atom. The molecule has 1 aromatic carbocycles. The summed E-state index contributed by atoms with van der Waals surface area (Å²) in [6, 6.07) is 0.729. The molecule has 2 aromatic rings. The van der Waals surface area contributed by atoms with E-state index in [2.05, 4.69) is 5.10 Å².